The summed E-state index contributed by atoms with van der Waals surface area (Å²) < 4.78 is 0. The molecule has 28 heavy (non-hydrogen) atoms. The van der Waals surface area contributed by atoms with Crippen molar-refractivity contribution in [1.82, 2.24) is 0 Å². The molecule has 2 aliphatic carbocycles. The van der Waals surface area contributed by atoms with Crippen molar-refractivity contribution in [3.63, 3.8) is 0 Å². The van der Waals surface area contributed by atoms with Gasteiger partial charge in [0.05, 0.1) is 5.41 Å². The molecule has 3 aromatic rings. The first-order valence-electron chi connectivity index (χ1n) is 9.77. The Morgan fingerprint density at radius 1 is 0.929 bits per heavy atom. The van der Waals surface area contributed by atoms with Gasteiger partial charge in [-0.2, -0.15) is 0 Å². The average molecular weight is 383 g/mol. The van der Waals surface area contributed by atoms with Crippen LogP contribution in [0.4, 0.5) is 0 Å². The van der Waals surface area contributed by atoms with Crippen molar-refractivity contribution < 1.29 is 0 Å². The van der Waals surface area contributed by atoms with Crippen LogP contribution in [0.3, 0.4) is 0 Å². The first kappa shape index (κ1) is 17.5. The van der Waals surface area contributed by atoms with Gasteiger partial charge in [-0.25, -0.2) is 0 Å². The van der Waals surface area contributed by atoms with Crippen LogP contribution in [0, 0.1) is 6.92 Å². The molecule has 1 spiro atoms. The fraction of sp³-hybridized carbons (Fsp3) is 0.185. The van der Waals surface area contributed by atoms with Gasteiger partial charge in [0.2, 0.25) is 0 Å². The zero-order valence-corrected chi connectivity index (χ0v) is 17.2. The third-order valence-electron chi connectivity index (χ3n) is 6.46. The van der Waals surface area contributed by atoms with E-state index in [-0.39, 0.29) is 5.41 Å². The maximum atomic E-state index is 6.40. The lowest BCUT2D eigenvalue weighted by Gasteiger charge is -2.39. The van der Waals surface area contributed by atoms with E-state index in [1.54, 1.807) is 0 Å². The van der Waals surface area contributed by atoms with Gasteiger partial charge >= 0.3 is 0 Å². The molecule has 1 atom stereocenters. The third-order valence-corrected chi connectivity index (χ3v) is 6.70. The summed E-state index contributed by atoms with van der Waals surface area (Å²) in [4.78, 5) is 0. The molecule has 0 N–H and O–H groups in total. The molecule has 0 saturated carbocycles. The molecule has 0 fully saturated rings. The van der Waals surface area contributed by atoms with Gasteiger partial charge in [-0.15, -0.1) is 0 Å². The smallest absolute Gasteiger partial charge is 0.0503 e. The summed E-state index contributed by atoms with van der Waals surface area (Å²) in [5.74, 6) is 0. The number of halogens is 1. The van der Waals surface area contributed by atoms with Gasteiger partial charge in [-0.3, -0.25) is 0 Å². The van der Waals surface area contributed by atoms with Gasteiger partial charge in [0.25, 0.3) is 0 Å². The van der Waals surface area contributed by atoms with E-state index in [4.69, 9.17) is 11.6 Å². The molecule has 1 unspecified atom stereocenters. The molecule has 138 valence electrons. The Hall–Kier alpha value is -2.57. The normalized spacial score (nSPS) is 19.3. The van der Waals surface area contributed by atoms with Crippen molar-refractivity contribution in [3.8, 4) is 0 Å². The molecule has 0 heterocycles. The minimum atomic E-state index is -0.195. The summed E-state index contributed by atoms with van der Waals surface area (Å²) in [6.45, 7) is 12.9. The summed E-state index contributed by atoms with van der Waals surface area (Å²) in [7, 11) is 0. The van der Waals surface area contributed by atoms with E-state index >= 15 is 0 Å². The molecule has 0 aliphatic heterocycles. The van der Waals surface area contributed by atoms with Crippen LogP contribution in [0.5, 0.6) is 0 Å². The van der Waals surface area contributed by atoms with E-state index in [2.05, 4.69) is 75.5 Å². The fourth-order valence-electron chi connectivity index (χ4n) is 5.22. The maximum absolute atomic E-state index is 6.40. The lowest BCUT2D eigenvalue weighted by atomic mass is 9.63. The minimum absolute atomic E-state index is 0.195. The second kappa shape index (κ2) is 5.96. The van der Waals surface area contributed by atoms with Crippen LogP contribution in [0.25, 0.3) is 11.1 Å². The van der Waals surface area contributed by atoms with Crippen LogP contribution >= 0.6 is 11.6 Å². The largest absolute Gasteiger partial charge is 0.0955 e. The van der Waals surface area contributed by atoms with Crippen molar-refractivity contribution in [1.29, 1.82) is 0 Å². The summed E-state index contributed by atoms with van der Waals surface area (Å²) in [6.07, 6.45) is 1.84. The second-order valence-electron chi connectivity index (χ2n) is 8.37. The molecule has 1 heteroatoms. The highest BCUT2D eigenvalue weighted by atomic mass is 35.5. The third kappa shape index (κ3) is 2.31. The number of hydrogen-bond acceptors (Lipinski definition) is 0. The van der Waals surface area contributed by atoms with E-state index in [0.29, 0.717) is 0 Å². The number of allylic oxidation sites excluding steroid dienone is 2. The zero-order chi connectivity index (χ0) is 19.6. The Morgan fingerprint density at radius 3 is 2.39 bits per heavy atom. The average Bonchev–Trinajstić information content (AvgIpc) is 2.94. The van der Waals surface area contributed by atoms with Gasteiger partial charge < -0.3 is 0 Å². The predicted octanol–water partition coefficient (Wildman–Crippen LogP) is 7.34. The van der Waals surface area contributed by atoms with Crippen molar-refractivity contribution in [2.24, 2.45) is 0 Å². The van der Waals surface area contributed by atoms with Crippen LogP contribution in [-0.2, 0) is 11.8 Å². The van der Waals surface area contributed by atoms with Gasteiger partial charge in [-0.05, 0) is 89.4 Å². The number of hydrogen-bond donors (Lipinski definition) is 0. The zero-order valence-electron chi connectivity index (χ0n) is 16.4. The van der Waals surface area contributed by atoms with Crippen LogP contribution in [-0.4, -0.2) is 0 Å². The Bertz CT molecular complexity index is 1130. The van der Waals surface area contributed by atoms with Crippen LogP contribution in [0.2, 0.25) is 5.02 Å². The summed E-state index contributed by atoms with van der Waals surface area (Å²) in [5.41, 5.74) is 12.7. The lowest BCUT2D eigenvalue weighted by molar-refractivity contribution is 0.630. The van der Waals surface area contributed by atoms with E-state index in [0.717, 1.165) is 23.4 Å². The Labute approximate surface area is 172 Å². The summed E-state index contributed by atoms with van der Waals surface area (Å²) in [5, 5.41) is 0.803. The molecule has 0 saturated heterocycles. The van der Waals surface area contributed by atoms with Gasteiger partial charge in [0.15, 0.2) is 0 Å². The quantitative estimate of drug-likeness (QED) is 0.413. The van der Waals surface area contributed by atoms with Crippen LogP contribution in [0.1, 0.15) is 57.9 Å². The molecule has 0 bridgehead atoms. The van der Waals surface area contributed by atoms with E-state index in [9.17, 15) is 0 Å². The van der Waals surface area contributed by atoms with E-state index in [1.165, 1.54) is 50.1 Å². The van der Waals surface area contributed by atoms with Crippen molar-refractivity contribution in [2.75, 3.05) is 0 Å². The number of fused-ring (bicyclic) bond motifs is 6. The van der Waals surface area contributed by atoms with E-state index < -0.39 is 0 Å². The van der Waals surface area contributed by atoms with Gasteiger partial charge in [-0.1, -0.05) is 72.3 Å². The molecule has 0 nitrogen and oxygen atoms in total. The molecule has 3 aromatic carbocycles. The standard InChI is InChI=1S/C27H23Cl/c1-16(2)19-6-8-23-18(4)15-27(26(23)14-19)24-9-5-17(3)11-20(24)12-21-13-22(28)7-10-25(21)27/h5-11,13-14H,1,4,12,15H2,2-3H3. The van der Waals surface area contributed by atoms with Crippen molar-refractivity contribution >= 4 is 22.7 Å². The van der Waals surface area contributed by atoms with Crippen LogP contribution in [0.15, 0.2) is 67.8 Å². The summed E-state index contributed by atoms with van der Waals surface area (Å²) in [6, 6.07) is 20.1. The topological polar surface area (TPSA) is 0 Å². The summed E-state index contributed by atoms with van der Waals surface area (Å²) >= 11 is 6.40. The lowest BCUT2D eigenvalue weighted by Crippen LogP contribution is -2.32. The number of benzene rings is 3. The van der Waals surface area contributed by atoms with Crippen LogP contribution < -0.4 is 0 Å². The number of aryl methyl sites for hydroxylation is 1. The highest BCUT2D eigenvalue weighted by molar-refractivity contribution is 6.30. The first-order valence-corrected chi connectivity index (χ1v) is 10.2. The monoisotopic (exact) mass is 382 g/mol. The molecule has 0 radical (unpaired) electrons. The Morgan fingerprint density at radius 2 is 1.64 bits per heavy atom. The minimum Gasteiger partial charge on any atom is -0.0955 e. The predicted molar refractivity (Wildman–Crippen MR) is 120 cm³/mol. The maximum Gasteiger partial charge on any atom is 0.0503 e. The molecular formula is C27H23Cl. The molecule has 0 aromatic heterocycles. The fourth-order valence-corrected chi connectivity index (χ4v) is 5.42. The van der Waals surface area contributed by atoms with E-state index in [1.807, 2.05) is 6.07 Å². The van der Waals surface area contributed by atoms with Gasteiger partial charge in [0, 0.05) is 5.02 Å². The van der Waals surface area contributed by atoms with Crippen molar-refractivity contribution in [2.45, 2.75) is 32.1 Å². The van der Waals surface area contributed by atoms with Gasteiger partial charge in [0.1, 0.15) is 0 Å². The highest BCUT2D eigenvalue weighted by Crippen LogP contribution is 2.57. The Kier molecular flexibility index (Phi) is 3.73. The second-order valence-corrected chi connectivity index (χ2v) is 8.80. The molecule has 5 rings (SSSR count). The SMILES string of the molecule is C=C(C)c1ccc2c(c1)C1(CC2=C)c2ccc(C)cc2Cc2cc(Cl)ccc21. The first-order chi connectivity index (χ1) is 13.4. The highest BCUT2D eigenvalue weighted by Gasteiger charge is 2.47. The molecule has 0 amide bonds. The molecule has 2 aliphatic rings. The molecular weight excluding hydrogens is 360 g/mol. The Balaban J connectivity index is 1.90. The number of rotatable bonds is 1. The van der Waals surface area contributed by atoms with Crippen molar-refractivity contribution in [3.05, 3.63) is 117 Å².